The molecule has 1 N–H and O–H groups in total. The first-order valence-electron chi connectivity index (χ1n) is 6.43. The van der Waals surface area contributed by atoms with Gasteiger partial charge < -0.3 is 5.11 Å². The Balaban J connectivity index is 2.06. The van der Waals surface area contributed by atoms with Crippen molar-refractivity contribution < 1.29 is 14.7 Å². The molecule has 2 saturated carbocycles. The lowest BCUT2D eigenvalue weighted by molar-refractivity contribution is -0.147. The van der Waals surface area contributed by atoms with Crippen LogP contribution < -0.4 is 0 Å². The van der Waals surface area contributed by atoms with Gasteiger partial charge in [-0.2, -0.15) is 0 Å². The minimum atomic E-state index is -0.692. The number of hydrogen-bond donors (Lipinski definition) is 1. The summed E-state index contributed by atoms with van der Waals surface area (Å²) < 4.78 is 0. The fourth-order valence-electron chi connectivity index (χ4n) is 3.40. The Kier molecular flexibility index (Phi) is 3.62. The maximum atomic E-state index is 11.5. The highest BCUT2D eigenvalue weighted by atomic mass is 16.4. The van der Waals surface area contributed by atoms with Gasteiger partial charge in [0.2, 0.25) is 0 Å². The van der Waals surface area contributed by atoms with Crippen LogP contribution in [0.25, 0.3) is 0 Å². The van der Waals surface area contributed by atoms with Gasteiger partial charge in [0, 0.05) is 12.8 Å². The van der Waals surface area contributed by atoms with E-state index in [2.05, 4.69) is 0 Å². The van der Waals surface area contributed by atoms with Crippen LogP contribution in [0.5, 0.6) is 0 Å². The zero-order valence-electron chi connectivity index (χ0n) is 9.65. The smallest absolute Gasteiger partial charge is 0.306 e. The van der Waals surface area contributed by atoms with E-state index in [1.54, 1.807) is 0 Å². The normalized spacial score (nSPS) is 32.6. The Bertz CT molecular complexity index is 279. The lowest BCUT2D eigenvalue weighted by Crippen LogP contribution is -2.36. The molecule has 2 fully saturated rings. The number of ketones is 1. The van der Waals surface area contributed by atoms with Crippen molar-refractivity contribution in [3.05, 3.63) is 0 Å². The Morgan fingerprint density at radius 3 is 2.44 bits per heavy atom. The van der Waals surface area contributed by atoms with Gasteiger partial charge in [-0.3, -0.25) is 9.59 Å². The third kappa shape index (κ3) is 2.45. The molecule has 0 aromatic heterocycles. The van der Waals surface area contributed by atoms with Gasteiger partial charge in [-0.15, -0.1) is 0 Å². The molecule has 0 heterocycles. The van der Waals surface area contributed by atoms with E-state index in [4.69, 9.17) is 0 Å². The van der Waals surface area contributed by atoms with Crippen molar-refractivity contribution in [2.45, 2.75) is 51.4 Å². The molecule has 0 aromatic rings. The summed E-state index contributed by atoms with van der Waals surface area (Å²) in [4.78, 5) is 22.7. The summed E-state index contributed by atoms with van der Waals surface area (Å²) in [6.07, 6.45) is 7.50. The third-order valence-corrected chi connectivity index (χ3v) is 4.29. The average molecular weight is 224 g/mol. The van der Waals surface area contributed by atoms with E-state index in [9.17, 15) is 14.7 Å². The summed E-state index contributed by atoms with van der Waals surface area (Å²) in [6.45, 7) is 0. The van der Waals surface area contributed by atoms with E-state index >= 15 is 0 Å². The van der Waals surface area contributed by atoms with E-state index < -0.39 is 5.97 Å². The molecule has 0 saturated heterocycles. The van der Waals surface area contributed by atoms with E-state index in [0.29, 0.717) is 25.2 Å². The van der Waals surface area contributed by atoms with E-state index in [1.807, 2.05) is 0 Å². The molecule has 0 bridgehead atoms. The quantitative estimate of drug-likeness (QED) is 0.784. The van der Waals surface area contributed by atoms with Crippen molar-refractivity contribution in [2.24, 2.45) is 17.8 Å². The van der Waals surface area contributed by atoms with Crippen LogP contribution in [0.4, 0.5) is 0 Å². The second kappa shape index (κ2) is 4.98. The fraction of sp³-hybridized carbons (Fsp3) is 0.846. The highest BCUT2D eigenvalue weighted by molar-refractivity contribution is 5.82. The Labute approximate surface area is 96.2 Å². The summed E-state index contributed by atoms with van der Waals surface area (Å²) >= 11 is 0. The minimum absolute atomic E-state index is 0.124. The molecular weight excluding hydrogens is 204 g/mol. The molecule has 0 amide bonds. The van der Waals surface area contributed by atoms with Crippen LogP contribution in [0.2, 0.25) is 0 Å². The monoisotopic (exact) mass is 224 g/mol. The molecule has 16 heavy (non-hydrogen) atoms. The van der Waals surface area contributed by atoms with Crippen LogP contribution in [0, 0.1) is 17.8 Å². The zero-order valence-corrected chi connectivity index (χ0v) is 9.65. The Hall–Kier alpha value is -0.860. The Morgan fingerprint density at radius 2 is 1.81 bits per heavy atom. The van der Waals surface area contributed by atoms with Crippen LogP contribution >= 0.6 is 0 Å². The maximum absolute atomic E-state index is 11.5. The molecule has 0 spiro atoms. The number of carbonyl (C=O) groups is 2. The molecule has 90 valence electrons. The third-order valence-electron chi connectivity index (χ3n) is 4.29. The predicted octanol–water partition coefficient (Wildman–Crippen LogP) is 2.64. The van der Waals surface area contributed by atoms with Crippen molar-refractivity contribution in [1.82, 2.24) is 0 Å². The second-order valence-corrected chi connectivity index (χ2v) is 5.29. The van der Waals surface area contributed by atoms with Gasteiger partial charge in [0.05, 0.1) is 5.92 Å². The number of carboxylic acids is 1. The summed E-state index contributed by atoms with van der Waals surface area (Å²) in [6, 6.07) is 0. The minimum Gasteiger partial charge on any atom is -0.481 e. The molecule has 2 atom stereocenters. The highest BCUT2D eigenvalue weighted by Crippen LogP contribution is 2.40. The zero-order chi connectivity index (χ0) is 11.5. The summed E-state index contributed by atoms with van der Waals surface area (Å²) in [5, 5.41) is 9.21. The number of hydrogen-bond acceptors (Lipinski definition) is 2. The van der Waals surface area contributed by atoms with Gasteiger partial charge in [0.15, 0.2) is 0 Å². The van der Waals surface area contributed by atoms with E-state index in [0.717, 1.165) is 12.8 Å². The maximum Gasteiger partial charge on any atom is 0.306 e. The Morgan fingerprint density at radius 1 is 1.12 bits per heavy atom. The first kappa shape index (κ1) is 11.6. The van der Waals surface area contributed by atoms with Crippen LogP contribution in [0.3, 0.4) is 0 Å². The van der Waals surface area contributed by atoms with Crippen LogP contribution in [-0.4, -0.2) is 16.9 Å². The second-order valence-electron chi connectivity index (χ2n) is 5.29. The van der Waals surface area contributed by atoms with Crippen LogP contribution in [0.1, 0.15) is 51.4 Å². The molecule has 0 unspecified atom stereocenters. The molecule has 2 aliphatic carbocycles. The fourth-order valence-corrected chi connectivity index (χ4v) is 3.40. The van der Waals surface area contributed by atoms with Gasteiger partial charge in [0.25, 0.3) is 0 Å². The van der Waals surface area contributed by atoms with Crippen LogP contribution in [0.15, 0.2) is 0 Å². The van der Waals surface area contributed by atoms with Crippen molar-refractivity contribution in [1.29, 1.82) is 0 Å². The lowest BCUT2D eigenvalue weighted by atomic mass is 9.68. The van der Waals surface area contributed by atoms with Gasteiger partial charge in [0.1, 0.15) is 5.78 Å². The first-order chi connectivity index (χ1) is 7.68. The van der Waals surface area contributed by atoms with E-state index in [1.165, 1.54) is 19.3 Å². The molecule has 0 aromatic carbocycles. The summed E-state index contributed by atoms with van der Waals surface area (Å²) in [5.41, 5.74) is 0. The highest BCUT2D eigenvalue weighted by Gasteiger charge is 2.38. The van der Waals surface area contributed by atoms with Crippen molar-refractivity contribution in [2.75, 3.05) is 0 Å². The van der Waals surface area contributed by atoms with Crippen molar-refractivity contribution >= 4 is 11.8 Å². The van der Waals surface area contributed by atoms with Gasteiger partial charge in [-0.1, -0.05) is 32.1 Å². The number of rotatable bonds is 2. The lowest BCUT2D eigenvalue weighted by Gasteiger charge is -2.36. The number of aliphatic carboxylic acids is 1. The first-order valence-corrected chi connectivity index (χ1v) is 6.43. The standard InChI is InChI=1S/C13H20O3/c14-10-6-7-11(13(15)16)12(8-10)9-4-2-1-3-5-9/h9,11-12H,1-8H2,(H,15,16)/t11-,12+/m1/s1. The largest absolute Gasteiger partial charge is 0.481 e. The van der Waals surface area contributed by atoms with Crippen molar-refractivity contribution in [3.8, 4) is 0 Å². The van der Waals surface area contributed by atoms with Gasteiger partial charge in [-0.05, 0) is 18.3 Å². The molecule has 3 nitrogen and oxygen atoms in total. The molecule has 0 radical (unpaired) electrons. The van der Waals surface area contributed by atoms with Crippen LogP contribution in [-0.2, 0) is 9.59 Å². The molecule has 0 aliphatic heterocycles. The molecule has 3 heteroatoms. The molecular formula is C13H20O3. The average Bonchev–Trinajstić information content (AvgIpc) is 2.29. The number of carboxylic acid groups (broad SMARTS) is 1. The molecule has 2 aliphatic rings. The van der Waals surface area contributed by atoms with E-state index in [-0.39, 0.29) is 17.6 Å². The molecule has 2 rings (SSSR count). The SMILES string of the molecule is O=C1CC[C@@H](C(=O)O)[C@H](C2CCCCC2)C1. The van der Waals surface area contributed by atoms with Crippen molar-refractivity contribution in [3.63, 3.8) is 0 Å². The topological polar surface area (TPSA) is 54.4 Å². The number of carbonyl (C=O) groups excluding carboxylic acids is 1. The summed E-state index contributed by atoms with van der Waals surface area (Å²) in [5.74, 6) is -0.0740. The summed E-state index contributed by atoms with van der Waals surface area (Å²) in [7, 11) is 0. The van der Waals surface area contributed by atoms with Gasteiger partial charge >= 0.3 is 5.97 Å². The predicted molar refractivity (Wildman–Crippen MR) is 60.0 cm³/mol. The number of Topliss-reactive ketones (excluding diaryl/α,β-unsaturated/α-hetero) is 1. The van der Waals surface area contributed by atoms with Gasteiger partial charge in [-0.25, -0.2) is 0 Å².